The molecule has 0 aromatic rings. The molecular formula is C12H24O. The fourth-order valence-corrected chi connectivity index (χ4v) is 2.10. The van der Waals surface area contributed by atoms with Gasteiger partial charge in [0.05, 0.1) is 6.10 Å². The van der Waals surface area contributed by atoms with E-state index in [1.165, 1.54) is 19.3 Å². The van der Waals surface area contributed by atoms with E-state index in [9.17, 15) is 5.11 Å². The van der Waals surface area contributed by atoms with Crippen LogP contribution in [0.3, 0.4) is 0 Å². The minimum Gasteiger partial charge on any atom is -0.393 e. The van der Waals surface area contributed by atoms with Gasteiger partial charge < -0.3 is 5.11 Å². The van der Waals surface area contributed by atoms with Crippen molar-refractivity contribution in [3.8, 4) is 0 Å². The molecule has 0 aromatic carbocycles. The Balaban J connectivity index is 2.40. The Kier molecular flexibility index (Phi) is 3.39. The molecule has 0 radical (unpaired) electrons. The number of rotatable bonds is 2. The smallest absolute Gasteiger partial charge is 0.0568 e. The molecule has 0 saturated heterocycles. The molecule has 3 unspecified atom stereocenters. The van der Waals surface area contributed by atoms with Gasteiger partial charge in [-0.15, -0.1) is 0 Å². The third-order valence-electron chi connectivity index (χ3n) is 3.75. The number of aliphatic hydroxyl groups is 1. The van der Waals surface area contributed by atoms with Crippen molar-refractivity contribution in [2.45, 2.75) is 59.5 Å². The van der Waals surface area contributed by atoms with Gasteiger partial charge in [-0.1, -0.05) is 34.1 Å². The van der Waals surface area contributed by atoms with Crippen LogP contribution in [0.5, 0.6) is 0 Å². The van der Waals surface area contributed by atoms with Crippen molar-refractivity contribution in [3.05, 3.63) is 0 Å². The van der Waals surface area contributed by atoms with Gasteiger partial charge in [-0.3, -0.25) is 0 Å². The van der Waals surface area contributed by atoms with Crippen molar-refractivity contribution in [3.63, 3.8) is 0 Å². The standard InChI is InChI=1S/C12H24O/c1-9(12(2,3)4)8-10-6-5-7-11(10)13/h9-11,13H,5-8H2,1-4H3. The maximum Gasteiger partial charge on any atom is 0.0568 e. The van der Waals surface area contributed by atoms with Crippen molar-refractivity contribution in [1.82, 2.24) is 0 Å². The van der Waals surface area contributed by atoms with Crippen LogP contribution in [0, 0.1) is 17.3 Å². The fourth-order valence-electron chi connectivity index (χ4n) is 2.10. The van der Waals surface area contributed by atoms with Gasteiger partial charge in [0, 0.05) is 0 Å². The van der Waals surface area contributed by atoms with Crippen LogP contribution < -0.4 is 0 Å². The molecule has 1 aliphatic carbocycles. The molecule has 1 fully saturated rings. The van der Waals surface area contributed by atoms with E-state index in [2.05, 4.69) is 27.7 Å². The molecule has 1 nitrogen and oxygen atoms in total. The van der Waals surface area contributed by atoms with Gasteiger partial charge >= 0.3 is 0 Å². The Labute approximate surface area is 82.5 Å². The summed E-state index contributed by atoms with van der Waals surface area (Å²) >= 11 is 0. The van der Waals surface area contributed by atoms with E-state index < -0.39 is 0 Å². The highest BCUT2D eigenvalue weighted by Crippen LogP contribution is 2.37. The first-order valence-electron chi connectivity index (χ1n) is 5.59. The highest BCUT2D eigenvalue weighted by molar-refractivity contribution is 4.81. The molecule has 3 atom stereocenters. The predicted octanol–water partition coefficient (Wildman–Crippen LogP) is 3.22. The summed E-state index contributed by atoms with van der Waals surface area (Å²) in [6.45, 7) is 9.18. The van der Waals surface area contributed by atoms with Gasteiger partial charge in [-0.2, -0.15) is 0 Å². The lowest BCUT2D eigenvalue weighted by atomic mass is 9.76. The average Bonchev–Trinajstić information content (AvgIpc) is 2.34. The highest BCUT2D eigenvalue weighted by atomic mass is 16.3. The first-order valence-corrected chi connectivity index (χ1v) is 5.59. The average molecular weight is 184 g/mol. The first-order chi connectivity index (χ1) is 5.91. The quantitative estimate of drug-likeness (QED) is 0.698. The normalized spacial score (nSPS) is 32.1. The Hall–Kier alpha value is -0.0400. The molecule has 1 aliphatic rings. The topological polar surface area (TPSA) is 20.2 Å². The number of aliphatic hydroxyl groups excluding tert-OH is 1. The molecule has 0 amide bonds. The summed E-state index contributed by atoms with van der Waals surface area (Å²) in [7, 11) is 0. The summed E-state index contributed by atoms with van der Waals surface area (Å²) in [5, 5.41) is 9.70. The van der Waals surface area contributed by atoms with Crippen molar-refractivity contribution in [2.24, 2.45) is 17.3 Å². The zero-order chi connectivity index (χ0) is 10.1. The summed E-state index contributed by atoms with van der Waals surface area (Å²) in [5.41, 5.74) is 0.391. The summed E-state index contributed by atoms with van der Waals surface area (Å²) < 4.78 is 0. The van der Waals surface area contributed by atoms with Gasteiger partial charge in [0.15, 0.2) is 0 Å². The van der Waals surface area contributed by atoms with E-state index in [-0.39, 0.29) is 6.10 Å². The molecule has 13 heavy (non-hydrogen) atoms. The molecule has 0 bridgehead atoms. The van der Waals surface area contributed by atoms with Crippen LogP contribution in [0.25, 0.3) is 0 Å². The van der Waals surface area contributed by atoms with E-state index in [0.29, 0.717) is 17.3 Å². The lowest BCUT2D eigenvalue weighted by molar-refractivity contribution is 0.101. The Morgan fingerprint density at radius 3 is 2.31 bits per heavy atom. The highest BCUT2D eigenvalue weighted by Gasteiger charge is 2.30. The second-order valence-corrected chi connectivity index (χ2v) is 5.76. The van der Waals surface area contributed by atoms with Crippen molar-refractivity contribution in [2.75, 3.05) is 0 Å². The van der Waals surface area contributed by atoms with Crippen LogP contribution in [-0.4, -0.2) is 11.2 Å². The zero-order valence-corrected chi connectivity index (χ0v) is 9.51. The minimum absolute atomic E-state index is 0.00944. The minimum atomic E-state index is -0.00944. The second kappa shape index (κ2) is 4.00. The molecular weight excluding hydrogens is 160 g/mol. The van der Waals surface area contributed by atoms with E-state index >= 15 is 0 Å². The Morgan fingerprint density at radius 2 is 1.92 bits per heavy atom. The SMILES string of the molecule is CC(CC1CCCC1O)C(C)(C)C. The molecule has 0 aromatic heterocycles. The number of hydrogen-bond donors (Lipinski definition) is 1. The van der Waals surface area contributed by atoms with Gasteiger partial charge in [0.2, 0.25) is 0 Å². The molecule has 78 valence electrons. The van der Waals surface area contributed by atoms with Crippen molar-refractivity contribution < 1.29 is 5.11 Å². The molecule has 1 rings (SSSR count). The van der Waals surface area contributed by atoms with E-state index in [4.69, 9.17) is 0 Å². The first kappa shape index (κ1) is 11.0. The van der Waals surface area contributed by atoms with E-state index in [1.807, 2.05) is 0 Å². The molecule has 1 saturated carbocycles. The van der Waals surface area contributed by atoms with Gasteiger partial charge in [-0.25, -0.2) is 0 Å². The van der Waals surface area contributed by atoms with Crippen molar-refractivity contribution >= 4 is 0 Å². The van der Waals surface area contributed by atoms with Crippen LogP contribution in [0.15, 0.2) is 0 Å². The zero-order valence-electron chi connectivity index (χ0n) is 9.51. The van der Waals surface area contributed by atoms with Crippen LogP contribution in [0.1, 0.15) is 53.4 Å². The molecule has 0 aliphatic heterocycles. The second-order valence-electron chi connectivity index (χ2n) is 5.76. The predicted molar refractivity (Wildman–Crippen MR) is 56.6 cm³/mol. The van der Waals surface area contributed by atoms with Crippen LogP contribution in [-0.2, 0) is 0 Å². The van der Waals surface area contributed by atoms with Gasteiger partial charge in [-0.05, 0) is 36.5 Å². The third kappa shape index (κ3) is 2.98. The monoisotopic (exact) mass is 184 g/mol. The Bertz CT molecular complexity index is 157. The van der Waals surface area contributed by atoms with Gasteiger partial charge in [0.1, 0.15) is 0 Å². The summed E-state index contributed by atoms with van der Waals surface area (Å²) in [5.74, 6) is 1.29. The molecule has 1 heteroatoms. The lowest BCUT2D eigenvalue weighted by Gasteiger charge is -2.30. The van der Waals surface area contributed by atoms with E-state index in [0.717, 1.165) is 6.42 Å². The largest absolute Gasteiger partial charge is 0.393 e. The maximum atomic E-state index is 9.70. The number of hydrogen-bond acceptors (Lipinski definition) is 1. The summed E-state index contributed by atoms with van der Waals surface area (Å²) in [4.78, 5) is 0. The molecule has 0 spiro atoms. The summed E-state index contributed by atoms with van der Waals surface area (Å²) in [6.07, 6.45) is 4.68. The van der Waals surface area contributed by atoms with Crippen LogP contribution >= 0.6 is 0 Å². The van der Waals surface area contributed by atoms with Crippen LogP contribution in [0.2, 0.25) is 0 Å². The van der Waals surface area contributed by atoms with Crippen LogP contribution in [0.4, 0.5) is 0 Å². The van der Waals surface area contributed by atoms with Gasteiger partial charge in [0.25, 0.3) is 0 Å². The lowest BCUT2D eigenvalue weighted by Crippen LogP contribution is -2.23. The summed E-state index contributed by atoms with van der Waals surface area (Å²) in [6, 6.07) is 0. The molecule has 1 N–H and O–H groups in total. The Morgan fingerprint density at radius 1 is 1.31 bits per heavy atom. The maximum absolute atomic E-state index is 9.70. The third-order valence-corrected chi connectivity index (χ3v) is 3.75. The van der Waals surface area contributed by atoms with E-state index in [1.54, 1.807) is 0 Å². The molecule has 0 heterocycles. The fraction of sp³-hybridized carbons (Fsp3) is 1.00. The van der Waals surface area contributed by atoms with Crippen molar-refractivity contribution in [1.29, 1.82) is 0 Å².